The minimum Gasteiger partial charge on any atom is -0.454 e. The van der Waals surface area contributed by atoms with Crippen LogP contribution in [-0.4, -0.2) is 67.3 Å². The van der Waals surface area contributed by atoms with E-state index in [2.05, 4.69) is 0 Å². The molecular weight excluding hydrogens is 444 g/mol. The predicted octanol–water partition coefficient (Wildman–Crippen LogP) is 2.76. The number of para-hydroxylation sites is 1. The minimum absolute atomic E-state index is 0.0737. The predicted molar refractivity (Wildman–Crippen MR) is 122 cm³/mol. The number of thioether (sulfide) groups is 1. The largest absolute Gasteiger partial charge is 0.454 e. The molecule has 8 nitrogen and oxygen atoms in total. The molecule has 0 bridgehead atoms. The highest BCUT2D eigenvalue weighted by Gasteiger charge is 2.61. The Bertz CT molecular complexity index is 1100. The SMILES string of the molecule is COCCN1C(=O)c2ccccc2N2C(=O)CCC12C(=O)OCC(=O)c1ccc(SC)cc1. The molecule has 0 radical (unpaired) electrons. The van der Waals surface area contributed by atoms with Crippen molar-refractivity contribution in [2.45, 2.75) is 23.4 Å². The number of nitrogens with zero attached hydrogens (tertiary/aromatic N) is 2. The van der Waals surface area contributed by atoms with Gasteiger partial charge >= 0.3 is 5.97 Å². The van der Waals surface area contributed by atoms with Crippen LogP contribution in [0.3, 0.4) is 0 Å². The van der Waals surface area contributed by atoms with Crippen LogP contribution in [0.25, 0.3) is 0 Å². The van der Waals surface area contributed by atoms with Crippen LogP contribution >= 0.6 is 11.8 Å². The van der Waals surface area contributed by atoms with E-state index in [0.717, 1.165) is 4.90 Å². The number of hydrogen-bond acceptors (Lipinski definition) is 7. The molecule has 2 amide bonds. The Morgan fingerprint density at radius 1 is 1.09 bits per heavy atom. The van der Waals surface area contributed by atoms with E-state index in [-0.39, 0.29) is 43.6 Å². The molecule has 1 saturated heterocycles. The maximum atomic E-state index is 13.5. The first-order valence-electron chi connectivity index (χ1n) is 10.5. The molecule has 1 unspecified atom stereocenters. The summed E-state index contributed by atoms with van der Waals surface area (Å²) in [7, 11) is 1.49. The van der Waals surface area contributed by atoms with E-state index in [1.165, 1.54) is 16.9 Å². The summed E-state index contributed by atoms with van der Waals surface area (Å²) in [5, 5.41) is 0. The molecule has 0 N–H and O–H groups in total. The fraction of sp³-hybridized carbons (Fsp3) is 0.333. The van der Waals surface area contributed by atoms with Crippen LogP contribution in [-0.2, 0) is 19.1 Å². The molecule has 0 aliphatic carbocycles. The van der Waals surface area contributed by atoms with Crippen LogP contribution in [0.5, 0.6) is 0 Å². The number of benzene rings is 2. The first-order valence-corrected chi connectivity index (χ1v) is 11.7. The van der Waals surface area contributed by atoms with Crippen LogP contribution in [0.4, 0.5) is 5.69 Å². The Morgan fingerprint density at radius 2 is 1.82 bits per heavy atom. The Morgan fingerprint density at radius 3 is 2.52 bits per heavy atom. The number of fused-ring (bicyclic) bond motifs is 3. The molecule has 2 aromatic rings. The third-order valence-electron chi connectivity index (χ3n) is 5.97. The monoisotopic (exact) mass is 468 g/mol. The average molecular weight is 469 g/mol. The molecule has 2 aliphatic heterocycles. The number of carbonyl (C=O) groups is 4. The molecule has 4 rings (SSSR count). The van der Waals surface area contributed by atoms with Gasteiger partial charge in [0.25, 0.3) is 5.91 Å². The Kier molecular flexibility index (Phi) is 6.53. The van der Waals surface area contributed by atoms with Crippen molar-refractivity contribution in [2.24, 2.45) is 0 Å². The summed E-state index contributed by atoms with van der Waals surface area (Å²) in [5.74, 6) is -1.84. The Balaban J connectivity index is 1.64. The van der Waals surface area contributed by atoms with Crippen molar-refractivity contribution in [3.63, 3.8) is 0 Å². The minimum atomic E-state index is -1.65. The molecule has 0 aromatic heterocycles. The number of esters is 1. The zero-order chi connectivity index (χ0) is 23.6. The summed E-state index contributed by atoms with van der Waals surface area (Å²) in [4.78, 5) is 56.1. The topological polar surface area (TPSA) is 93.2 Å². The van der Waals surface area contributed by atoms with E-state index in [1.807, 2.05) is 18.4 Å². The van der Waals surface area contributed by atoms with Gasteiger partial charge in [0.2, 0.25) is 11.6 Å². The Hall–Kier alpha value is -3.17. The summed E-state index contributed by atoms with van der Waals surface area (Å²) in [5.41, 5.74) is -0.532. The number of amides is 2. The normalized spacial score (nSPS) is 19.3. The molecule has 2 heterocycles. The second-order valence-corrected chi connectivity index (χ2v) is 8.62. The first-order chi connectivity index (χ1) is 15.9. The van der Waals surface area contributed by atoms with E-state index >= 15 is 0 Å². The lowest BCUT2D eigenvalue weighted by atomic mass is 9.96. The van der Waals surface area contributed by atoms with E-state index in [1.54, 1.807) is 48.2 Å². The van der Waals surface area contributed by atoms with Crippen molar-refractivity contribution in [3.05, 3.63) is 59.7 Å². The van der Waals surface area contributed by atoms with Crippen LogP contribution in [0.2, 0.25) is 0 Å². The molecule has 2 aliphatic rings. The van der Waals surface area contributed by atoms with Gasteiger partial charge in [-0.3, -0.25) is 19.3 Å². The maximum absolute atomic E-state index is 13.5. The third kappa shape index (κ3) is 3.91. The summed E-state index contributed by atoms with van der Waals surface area (Å²) in [6, 6.07) is 13.7. The van der Waals surface area contributed by atoms with Crippen molar-refractivity contribution in [1.29, 1.82) is 0 Å². The summed E-state index contributed by atoms with van der Waals surface area (Å²) >= 11 is 1.56. The summed E-state index contributed by atoms with van der Waals surface area (Å²) in [6.07, 6.45) is 2.08. The number of ketones is 1. The van der Waals surface area contributed by atoms with Crippen molar-refractivity contribution in [3.8, 4) is 0 Å². The van der Waals surface area contributed by atoms with Crippen LogP contribution < -0.4 is 4.90 Å². The standard InChI is InChI=1S/C24H24N2O6S/c1-31-14-13-25-22(29)18-5-3-4-6-19(18)26-21(28)11-12-24(25,26)23(30)32-15-20(27)16-7-9-17(33-2)10-8-16/h3-10H,11-15H2,1-2H3. The van der Waals surface area contributed by atoms with E-state index in [9.17, 15) is 19.2 Å². The number of rotatable bonds is 8. The van der Waals surface area contributed by atoms with Crippen molar-refractivity contribution in [2.75, 3.05) is 38.0 Å². The van der Waals surface area contributed by atoms with Gasteiger partial charge in [-0.2, -0.15) is 0 Å². The summed E-state index contributed by atoms with van der Waals surface area (Å²) in [6.45, 7) is -0.229. The lowest BCUT2D eigenvalue weighted by Crippen LogP contribution is -2.69. The number of ether oxygens (including phenoxy) is 2. The average Bonchev–Trinajstić information content (AvgIpc) is 3.20. The van der Waals surface area contributed by atoms with Gasteiger partial charge in [0.1, 0.15) is 0 Å². The van der Waals surface area contributed by atoms with Crippen LogP contribution in [0, 0.1) is 0 Å². The van der Waals surface area contributed by atoms with Crippen molar-refractivity contribution >= 4 is 41.0 Å². The second-order valence-electron chi connectivity index (χ2n) is 7.74. The quantitative estimate of drug-likeness (QED) is 0.334. The lowest BCUT2D eigenvalue weighted by molar-refractivity contribution is -0.156. The van der Waals surface area contributed by atoms with Gasteiger partial charge in [-0.25, -0.2) is 4.79 Å². The van der Waals surface area contributed by atoms with Gasteiger partial charge in [0, 0.05) is 37.0 Å². The Labute approximate surface area is 195 Å². The molecule has 33 heavy (non-hydrogen) atoms. The zero-order valence-corrected chi connectivity index (χ0v) is 19.2. The van der Waals surface area contributed by atoms with Gasteiger partial charge in [-0.1, -0.05) is 24.3 Å². The fourth-order valence-corrected chi connectivity index (χ4v) is 4.75. The van der Waals surface area contributed by atoms with Gasteiger partial charge in [0.15, 0.2) is 12.4 Å². The first kappa shape index (κ1) is 23.0. The molecule has 1 fully saturated rings. The highest BCUT2D eigenvalue weighted by Crippen LogP contribution is 2.45. The molecule has 9 heteroatoms. The molecule has 0 saturated carbocycles. The van der Waals surface area contributed by atoms with E-state index in [0.29, 0.717) is 16.8 Å². The van der Waals surface area contributed by atoms with Crippen molar-refractivity contribution < 1.29 is 28.7 Å². The van der Waals surface area contributed by atoms with Gasteiger partial charge in [0.05, 0.1) is 17.9 Å². The number of anilines is 1. The number of hydrogen-bond donors (Lipinski definition) is 0. The third-order valence-corrected chi connectivity index (χ3v) is 6.71. The van der Waals surface area contributed by atoms with Crippen LogP contribution in [0.15, 0.2) is 53.4 Å². The molecule has 172 valence electrons. The number of methoxy groups -OCH3 is 1. The van der Waals surface area contributed by atoms with Gasteiger partial charge in [-0.15, -0.1) is 11.8 Å². The fourth-order valence-electron chi connectivity index (χ4n) is 4.34. The lowest BCUT2D eigenvalue weighted by Gasteiger charge is -2.48. The van der Waals surface area contributed by atoms with Gasteiger partial charge < -0.3 is 14.4 Å². The number of Topliss-reactive ketones (excluding diaryl/α,β-unsaturated/α-hetero) is 1. The van der Waals surface area contributed by atoms with E-state index in [4.69, 9.17) is 9.47 Å². The second kappa shape index (κ2) is 9.36. The molecule has 2 aromatic carbocycles. The molecular formula is C24H24N2O6S. The molecule has 0 spiro atoms. The smallest absolute Gasteiger partial charge is 0.354 e. The maximum Gasteiger partial charge on any atom is 0.354 e. The highest BCUT2D eigenvalue weighted by atomic mass is 32.2. The molecule has 1 atom stereocenters. The van der Waals surface area contributed by atoms with E-state index < -0.39 is 18.2 Å². The zero-order valence-electron chi connectivity index (χ0n) is 18.4. The number of carbonyl (C=O) groups excluding carboxylic acids is 4. The van der Waals surface area contributed by atoms with Crippen LogP contribution in [0.1, 0.15) is 33.6 Å². The summed E-state index contributed by atoms with van der Waals surface area (Å²) < 4.78 is 10.6. The van der Waals surface area contributed by atoms with Gasteiger partial charge in [-0.05, 0) is 30.5 Å². The van der Waals surface area contributed by atoms with Crippen molar-refractivity contribution in [1.82, 2.24) is 4.90 Å². The highest BCUT2D eigenvalue weighted by molar-refractivity contribution is 7.98.